The highest BCUT2D eigenvalue weighted by molar-refractivity contribution is 5.80. The molecular weight excluding hydrogens is 174 g/mol. The number of esters is 1. The topological polar surface area (TPSA) is 69.4 Å². The van der Waals surface area contributed by atoms with Gasteiger partial charge in [0.25, 0.3) is 0 Å². The molecule has 1 aliphatic rings. The maximum atomic E-state index is 11.3. The summed E-state index contributed by atoms with van der Waals surface area (Å²) in [6.07, 6.45) is 3.55. The number of carbonyl (C=O) groups excluding carboxylic acids is 1. The molecule has 0 spiro atoms. The minimum atomic E-state index is -1.55. The number of hydrogen-bond donors (Lipinski definition) is 0. The first-order chi connectivity index (χ1) is 6.13. The molecule has 72 valence electrons. The Morgan fingerprint density at radius 1 is 1.62 bits per heavy atom. The van der Waals surface area contributed by atoms with Crippen molar-refractivity contribution >= 4 is 5.97 Å². The Morgan fingerprint density at radius 2 is 2.15 bits per heavy atom. The lowest BCUT2D eigenvalue weighted by atomic mass is 9.98. The van der Waals surface area contributed by atoms with E-state index in [4.69, 9.17) is 0 Å². The van der Waals surface area contributed by atoms with Crippen LogP contribution in [0.4, 0.5) is 0 Å². The van der Waals surface area contributed by atoms with Gasteiger partial charge >= 0.3 is 11.5 Å². The molecule has 0 aromatic carbocycles. The third kappa shape index (κ3) is 1.54. The van der Waals surface area contributed by atoms with Gasteiger partial charge in [0.2, 0.25) is 0 Å². The summed E-state index contributed by atoms with van der Waals surface area (Å²) in [5, 5.41) is 10.7. The molecular formula is C8H11NO4. The maximum absolute atomic E-state index is 11.3. The van der Waals surface area contributed by atoms with Crippen molar-refractivity contribution in [2.24, 2.45) is 0 Å². The Morgan fingerprint density at radius 3 is 2.54 bits per heavy atom. The van der Waals surface area contributed by atoms with Crippen LogP contribution in [0.15, 0.2) is 12.2 Å². The van der Waals surface area contributed by atoms with Gasteiger partial charge in [-0.05, 0) is 6.92 Å². The lowest BCUT2D eigenvalue weighted by Gasteiger charge is -2.16. The van der Waals surface area contributed by atoms with E-state index in [-0.39, 0.29) is 19.4 Å². The molecule has 0 saturated heterocycles. The van der Waals surface area contributed by atoms with Crippen molar-refractivity contribution in [3.8, 4) is 0 Å². The van der Waals surface area contributed by atoms with Crippen molar-refractivity contribution in [2.45, 2.75) is 25.3 Å². The normalized spacial score (nSPS) is 18.5. The van der Waals surface area contributed by atoms with Crippen LogP contribution >= 0.6 is 0 Å². The van der Waals surface area contributed by atoms with E-state index in [0.717, 1.165) is 0 Å². The smallest absolute Gasteiger partial charge is 0.385 e. The van der Waals surface area contributed by atoms with Crippen molar-refractivity contribution in [3.05, 3.63) is 22.3 Å². The molecule has 13 heavy (non-hydrogen) atoms. The van der Waals surface area contributed by atoms with Crippen molar-refractivity contribution in [1.82, 2.24) is 0 Å². The largest absolute Gasteiger partial charge is 0.461 e. The zero-order valence-corrected chi connectivity index (χ0v) is 7.36. The van der Waals surface area contributed by atoms with Crippen LogP contribution in [0.25, 0.3) is 0 Å². The Labute approximate surface area is 75.5 Å². The van der Waals surface area contributed by atoms with E-state index in [1.54, 1.807) is 19.1 Å². The number of hydrogen-bond acceptors (Lipinski definition) is 4. The summed E-state index contributed by atoms with van der Waals surface area (Å²) in [6.45, 7) is 1.81. The van der Waals surface area contributed by atoms with Crippen LogP contribution in [0.2, 0.25) is 0 Å². The Balaban J connectivity index is 2.80. The number of nitrogens with zero attached hydrogens (tertiary/aromatic N) is 1. The van der Waals surface area contributed by atoms with Gasteiger partial charge in [-0.3, -0.25) is 10.1 Å². The summed E-state index contributed by atoms with van der Waals surface area (Å²) in [7, 11) is 0. The molecule has 1 aliphatic carbocycles. The zero-order valence-electron chi connectivity index (χ0n) is 7.36. The number of nitro groups is 1. The van der Waals surface area contributed by atoms with Gasteiger partial charge in [0.1, 0.15) is 0 Å². The highest BCUT2D eigenvalue weighted by Gasteiger charge is 2.52. The summed E-state index contributed by atoms with van der Waals surface area (Å²) >= 11 is 0. The van der Waals surface area contributed by atoms with Crippen molar-refractivity contribution in [3.63, 3.8) is 0 Å². The van der Waals surface area contributed by atoms with Crippen molar-refractivity contribution in [2.75, 3.05) is 6.61 Å². The lowest BCUT2D eigenvalue weighted by Crippen LogP contribution is -2.45. The van der Waals surface area contributed by atoms with Crippen LogP contribution in [0, 0.1) is 10.1 Å². The monoisotopic (exact) mass is 185 g/mol. The summed E-state index contributed by atoms with van der Waals surface area (Å²) in [6, 6.07) is 0. The lowest BCUT2D eigenvalue weighted by molar-refractivity contribution is -0.552. The average Bonchev–Trinajstić information content (AvgIpc) is 2.53. The summed E-state index contributed by atoms with van der Waals surface area (Å²) in [4.78, 5) is 21.5. The fourth-order valence-corrected chi connectivity index (χ4v) is 1.30. The van der Waals surface area contributed by atoms with Gasteiger partial charge < -0.3 is 4.74 Å². The van der Waals surface area contributed by atoms with Crippen LogP contribution in [0.5, 0.6) is 0 Å². The van der Waals surface area contributed by atoms with E-state index in [2.05, 4.69) is 4.74 Å². The van der Waals surface area contributed by atoms with Gasteiger partial charge in [0, 0.05) is 17.8 Å². The fraction of sp³-hybridized carbons (Fsp3) is 0.625. The molecule has 5 heteroatoms. The third-order valence-electron chi connectivity index (χ3n) is 2.08. The molecule has 0 N–H and O–H groups in total. The number of rotatable bonds is 3. The first-order valence-corrected chi connectivity index (χ1v) is 4.10. The molecule has 0 radical (unpaired) electrons. The van der Waals surface area contributed by atoms with Gasteiger partial charge in [-0.25, -0.2) is 4.79 Å². The standard InChI is InChI=1S/C8H11NO4/c1-2-13-7(10)8(9(11)12)5-3-4-6-8/h3-4H,2,5-6H2,1H3. The van der Waals surface area contributed by atoms with Gasteiger partial charge in [0.05, 0.1) is 6.61 Å². The molecule has 0 unspecified atom stereocenters. The molecule has 1 rings (SSSR count). The molecule has 0 aliphatic heterocycles. The Bertz CT molecular complexity index is 251. The van der Waals surface area contributed by atoms with Crippen molar-refractivity contribution in [1.29, 1.82) is 0 Å². The fourth-order valence-electron chi connectivity index (χ4n) is 1.30. The first-order valence-electron chi connectivity index (χ1n) is 4.10. The molecule has 0 aromatic rings. The number of ether oxygens (including phenoxy) is 1. The van der Waals surface area contributed by atoms with Crippen LogP contribution in [-0.4, -0.2) is 23.0 Å². The zero-order chi connectivity index (χ0) is 9.90. The first kappa shape index (κ1) is 9.70. The van der Waals surface area contributed by atoms with Crippen molar-refractivity contribution < 1.29 is 14.5 Å². The molecule has 0 fully saturated rings. The van der Waals surface area contributed by atoms with E-state index < -0.39 is 16.4 Å². The van der Waals surface area contributed by atoms with E-state index in [1.807, 2.05) is 0 Å². The van der Waals surface area contributed by atoms with E-state index in [0.29, 0.717) is 0 Å². The van der Waals surface area contributed by atoms with Gasteiger partial charge in [-0.1, -0.05) is 12.2 Å². The summed E-state index contributed by atoms with van der Waals surface area (Å²) < 4.78 is 4.67. The molecule has 0 aromatic heterocycles. The second kappa shape index (κ2) is 3.55. The molecule has 0 amide bonds. The van der Waals surface area contributed by atoms with E-state index in [9.17, 15) is 14.9 Å². The van der Waals surface area contributed by atoms with Crippen LogP contribution in [0.3, 0.4) is 0 Å². The number of carbonyl (C=O) groups is 1. The van der Waals surface area contributed by atoms with Crippen LogP contribution in [0.1, 0.15) is 19.8 Å². The Kier molecular flexibility index (Phi) is 2.65. The third-order valence-corrected chi connectivity index (χ3v) is 2.08. The van der Waals surface area contributed by atoms with Crippen LogP contribution in [-0.2, 0) is 9.53 Å². The highest BCUT2D eigenvalue weighted by atomic mass is 16.6. The molecule has 0 saturated carbocycles. The minimum Gasteiger partial charge on any atom is -0.461 e. The van der Waals surface area contributed by atoms with Gasteiger partial charge in [0.15, 0.2) is 0 Å². The minimum absolute atomic E-state index is 0.138. The molecule has 0 heterocycles. The second-order valence-corrected chi connectivity index (χ2v) is 2.89. The summed E-state index contributed by atoms with van der Waals surface area (Å²) in [5.74, 6) is -0.731. The SMILES string of the molecule is CCOC(=O)C1([N+](=O)[O-])CC=CC1. The summed E-state index contributed by atoms with van der Waals surface area (Å²) in [5.41, 5.74) is -1.55. The van der Waals surface area contributed by atoms with E-state index >= 15 is 0 Å². The molecule has 5 nitrogen and oxygen atoms in total. The maximum Gasteiger partial charge on any atom is 0.385 e. The predicted molar refractivity (Wildman–Crippen MR) is 44.7 cm³/mol. The molecule has 0 atom stereocenters. The quantitative estimate of drug-likeness (QED) is 0.283. The highest BCUT2D eigenvalue weighted by Crippen LogP contribution is 2.28. The van der Waals surface area contributed by atoms with Gasteiger partial charge in [-0.2, -0.15) is 0 Å². The predicted octanol–water partition coefficient (Wildman–Crippen LogP) is 0.915. The van der Waals surface area contributed by atoms with Gasteiger partial charge in [-0.15, -0.1) is 0 Å². The second-order valence-electron chi connectivity index (χ2n) is 2.89. The average molecular weight is 185 g/mol. The Hall–Kier alpha value is -1.39. The molecule has 0 bridgehead atoms. The van der Waals surface area contributed by atoms with E-state index in [1.165, 1.54) is 0 Å². The van der Waals surface area contributed by atoms with Crippen LogP contribution < -0.4 is 0 Å².